The lowest BCUT2D eigenvalue weighted by atomic mass is 10.1. The summed E-state index contributed by atoms with van der Waals surface area (Å²) in [4.78, 5) is 8.64. The Bertz CT molecular complexity index is 942. The van der Waals surface area contributed by atoms with Crippen molar-refractivity contribution in [2.45, 2.75) is 18.9 Å². The highest BCUT2D eigenvalue weighted by Crippen LogP contribution is 2.28. The molecule has 1 heterocycles. The minimum absolute atomic E-state index is 0.274. The largest absolute Gasteiger partial charge is 0.399 e. The summed E-state index contributed by atoms with van der Waals surface area (Å²) in [6.07, 6.45) is 3.42. The fourth-order valence-corrected chi connectivity index (χ4v) is 3.17. The highest BCUT2D eigenvalue weighted by Gasteiger charge is 2.22. The van der Waals surface area contributed by atoms with E-state index in [1.165, 1.54) is 11.1 Å². The van der Waals surface area contributed by atoms with E-state index in [2.05, 4.69) is 27.4 Å². The third-order valence-electron chi connectivity index (χ3n) is 4.27. The SMILES string of the molecule is N#Cc1ccc2ncnc(NC3Cc4ccc(N)cc4C3)c2c1. The minimum atomic E-state index is 0.274. The third-order valence-corrected chi connectivity index (χ3v) is 4.27. The molecule has 3 aromatic rings. The number of rotatable bonds is 2. The van der Waals surface area contributed by atoms with Crippen LogP contribution in [-0.2, 0) is 12.8 Å². The number of nitrogens with two attached hydrogens (primary N) is 1. The first-order valence-electron chi connectivity index (χ1n) is 7.51. The summed E-state index contributed by atoms with van der Waals surface area (Å²) in [7, 11) is 0. The number of hydrogen-bond acceptors (Lipinski definition) is 5. The van der Waals surface area contributed by atoms with E-state index in [9.17, 15) is 0 Å². The summed E-state index contributed by atoms with van der Waals surface area (Å²) in [6.45, 7) is 0. The molecule has 5 nitrogen and oxygen atoms in total. The van der Waals surface area contributed by atoms with Gasteiger partial charge in [0.05, 0.1) is 17.1 Å². The molecule has 1 atom stereocenters. The minimum Gasteiger partial charge on any atom is -0.399 e. The summed E-state index contributed by atoms with van der Waals surface area (Å²) in [5.41, 5.74) is 10.7. The van der Waals surface area contributed by atoms with Crippen molar-refractivity contribution in [2.24, 2.45) is 0 Å². The van der Waals surface area contributed by atoms with Gasteiger partial charge in [0.2, 0.25) is 0 Å². The van der Waals surface area contributed by atoms with Crippen LogP contribution in [0.3, 0.4) is 0 Å². The lowest BCUT2D eigenvalue weighted by Gasteiger charge is -2.14. The van der Waals surface area contributed by atoms with Crippen molar-refractivity contribution >= 4 is 22.4 Å². The van der Waals surface area contributed by atoms with Crippen molar-refractivity contribution < 1.29 is 0 Å². The maximum absolute atomic E-state index is 9.09. The summed E-state index contributed by atoms with van der Waals surface area (Å²) < 4.78 is 0. The standard InChI is InChI=1S/C18H15N5/c19-9-11-1-4-17-16(5-11)18(22-10-21-17)23-15-7-12-2-3-14(20)6-13(12)8-15/h1-6,10,15H,7-8,20H2,(H,21,22,23). The number of nitrogen functional groups attached to an aromatic ring is 1. The van der Waals surface area contributed by atoms with E-state index in [1.807, 2.05) is 24.3 Å². The Hall–Kier alpha value is -3.13. The van der Waals surface area contributed by atoms with Gasteiger partial charge in [-0.2, -0.15) is 5.26 Å². The molecule has 0 bridgehead atoms. The average Bonchev–Trinajstić information content (AvgIpc) is 2.96. The van der Waals surface area contributed by atoms with Crippen LogP contribution >= 0.6 is 0 Å². The van der Waals surface area contributed by atoms with Crippen molar-refractivity contribution in [3.63, 3.8) is 0 Å². The van der Waals surface area contributed by atoms with Gasteiger partial charge in [-0.3, -0.25) is 0 Å². The van der Waals surface area contributed by atoms with Crippen LogP contribution in [0.2, 0.25) is 0 Å². The van der Waals surface area contributed by atoms with Crippen LogP contribution in [0.15, 0.2) is 42.7 Å². The molecule has 5 heteroatoms. The van der Waals surface area contributed by atoms with Crippen LogP contribution in [0.5, 0.6) is 0 Å². The second-order valence-corrected chi connectivity index (χ2v) is 5.84. The maximum atomic E-state index is 9.09. The van der Waals surface area contributed by atoms with Crippen molar-refractivity contribution in [1.82, 2.24) is 9.97 Å². The second-order valence-electron chi connectivity index (χ2n) is 5.84. The molecular formula is C18H15N5. The predicted molar refractivity (Wildman–Crippen MR) is 89.9 cm³/mol. The number of hydrogen-bond donors (Lipinski definition) is 2. The molecule has 1 aliphatic rings. The molecule has 112 valence electrons. The Balaban J connectivity index is 1.65. The molecule has 1 aliphatic carbocycles. The third kappa shape index (κ3) is 2.44. The Morgan fingerprint density at radius 3 is 2.83 bits per heavy atom. The normalized spacial score (nSPS) is 16.0. The van der Waals surface area contributed by atoms with Gasteiger partial charge in [-0.15, -0.1) is 0 Å². The molecule has 0 saturated heterocycles. The maximum Gasteiger partial charge on any atom is 0.137 e. The molecule has 0 aliphatic heterocycles. The highest BCUT2D eigenvalue weighted by molar-refractivity contribution is 5.90. The van der Waals surface area contributed by atoms with E-state index >= 15 is 0 Å². The molecular weight excluding hydrogens is 286 g/mol. The van der Waals surface area contributed by atoms with Crippen molar-refractivity contribution in [1.29, 1.82) is 5.26 Å². The van der Waals surface area contributed by atoms with Gasteiger partial charge in [0.25, 0.3) is 0 Å². The molecule has 1 aromatic heterocycles. The van der Waals surface area contributed by atoms with Crippen molar-refractivity contribution in [3.8, 4) is 6.07 Å². The molecule has 0 saturated carbocycles. The first-order chi connectivity index (χ1) is 11.2. The summed E-state index contributed by atoms with van der Waals surface area (Å²) >= 11 is 0. The van der Waals surface area contributed by atoms with E-state index in [4.69, 9.17) is 11.0 Å². The predicted octanol–water partition coefficient (Wildman–Crippen LogP) is 2.66. The van der Waals surface area contributed by atoms with E-state index in [-0.39, 0.29) is 6.04 Å². The van der Waals surface area contributed by atoms with E-state index < -0.39 is 0 Å². The molecule has 23 heavy (non-hydrogen) atoms. The zero-order chi connectivity index (χ0) is 15.8. The molecule has 0 spiro atoms. The van der Waals surface area contributed by atoms with Gasteiger partial charge in [0.15, 0.2) is 0 Å². The average molecular weight is 301 g/mol. The fraction of sp³-hybridized carbons (Fsp3) is 0.167. The van der Waals surface area contributed by atoms with Gasteiger partial charge >= 0.3 is 0 Å². The van der Waals surface area contributed by atoms with Crippen LogP contribution in [-0.4, -0.2) is 16.0 Å². The quantitative estimate of drug-likeness (QED) is 0.710. The zero-order valence-electron chi connectivity index (χ0n) is 12.5. The lowest BCUT2D eigenvalue weighted by molar-refractivity contribution is 0.770. The Labute approximate surface area is 133 Å². The molecule has 2 aromatic carbocycles. The van der Waals surface area contributed by atoms with Crippen LogP contribution in [0.1, 0.15) is 16.7 Å². The van der Waals surface area contributed by atoms with Crippen LogP contribution < -0.4 is 11.1 Å². The monoisotopic (exact) mass is 301 g/mol. The smallest absolute Gasteiger partial charge is 0.137 e. The summed E-state index contributed by atoms with van der Waals surface area (Å²) in [5, 5.41) is 13.5. The second kappa shape index (κ2) is 5.25. The Kier molecular flexibility index (Phi) is 3.09. The number of anilines is 2. The Morgan fingerprint density at radius 1 is 1.09 bits per heavy atom. The van der Waals surface area contributed by atoms with Crippen LogP contribution in [0.25, 0.3) is 10.9 Å². The number of nitrogens with one attached hydrogen (secondary N) is 1. The fourth-order valence-electron chi connectivity index (χ4n) is 3.17. The number of aromatic nitrogens is 2. The topological polar surface area (TPSA) is 87.6 Å². The molecule has 1 unspecified atom stereocenters. The van der Waals surface area contributed by atoms with E-state index in [1.54, 1.807) is 12.4 Å². The number of nitriles is 1. The van der Waals surface area contributed by atoms with Crippen molar-refractivity contribution in [3.05, 3.63) is 59.4 Å². The first kappa shape index (κ1) is 13.5. The van der Waals surface area contributed by atoms with Gasteiger partial charge in [-0.05, 0) is 54.3 Å². The summed E-state index contributed by atoms with van der Waals surface area (Å²) in [6, 6.07) is 14.0. The number of benzene rings is 2. The van der Waals surface area contributed by atoms with Gasteiger partial charge in [-0.1, -0.05) is 6.07 Å². The molecule has 0 fully saturated rings. The lowest BCUT2D eigenvalue weighted by Crippen LogP contribution is -2.20. The Morgan fingerprint density at radius 2 is 1.96 bits per heavy atom. The van der Waals surface area contributed by atoms with Crippen LogP contribution in [0.4, 0.5) is 11.5 Å². The first-order valence-corrected chi connectivity index (χ1v) is 7.51. The van der Waals surface area contributed by atoms with Gasteiger partial charge < -0.3 is 11.1 Å². The molecule has 0 amide bonds. The molecule has 4 rings (SSSR count). The highest BCUT2D eigenvalue weighted by atomic mass is 15.0. The van der Waals surface area contributed by atoms with Gasteiger partial charge in [0, 0.05) is 17.1 Å². The van der Waals surface area contributed by atoms with Crippen molar-refractivity contribution in [2.75, 3.05) is 11.1 Å². The zero-order valence-corrected chi connectivity index (χ0v) is 12.5. The summed E-state index contributed by atoms with van der Waals surface area (Å²) in [5.74, 6) is 0.776. The van der Waals surface area contributed by atoms with E-state index in [0.717, 1.165) is 35.2 Å². The molecule has 0 radical (unpaired) electrons. The number of fused-ring (bicyclic) bond motifs is 2. The van der Waals surface area contributed by atoms with Gasteiger partial charge in [0.1, 0.15) is 12.1 Å². The van der Waals surface area contributed by atoms with Crippen LogP contribution in [0, 0.1) is 11.3 Å². The van der Waals surface area contributed by atoms with E-state index in [0.29, 0.717) is 5.56 Å². The van der Waals surface area contributed by atoms with Gasteiger partial charge in [-0.25, -0.2) is 9.97 Å². The molecule has 3 N–H and O–H groups in total. The number of nitrogens with zero attached hydrogens (tertiary/aromatic N) is 3.